The molecule has 0 fully saturated rings. The second-order valence-electron chi connectivity index (χ2n) is 6.71. The third-order valence-corrected chi connectivity index (χ3v) is 6.02. The quantitative estimate of drug-likeness (QED) is 0.417. The minimum Gasteiger partial charge on any atom is -0.480 e. The van der Waals surface area contributed by atoms with Crippen LogP contribution >= 0.6 is 11.3 Å². The summed E-state index contributed by atoms with van der Waals surface area (Å²) in [4.78, 5) is 14.5. The van der Waals surface area contributed by atoms with Crippen molar-refractivity contribution in [1.82, 2.24) is 40.1 Å². The summed E-state index contributed by atoms with van der Waals surface area (Å²) in [6.45, 7) is 2.53. The number of hydrogen-bond acceptors (Lipinski definition) is 9. The van der Waals surface area contributed by atoms with E-state index in [0.717, 1.165) is 0 Å². The van der Waals surface area contributed by atoms with Gasteiger partial charge >= 0.3 is 0 Å². The first-order valence-corrected chi connectivity index (χ1v) is 10.4. The molecule has 31 heavy (non-hydrogen) atoms. The number of rotatable bonds is 6. The summed E-state index contributed by atoms with van der Waals surface area (Å²) in [6, 6.07) is 11.1. The van der Waals surface area contributed by atoms with Crippen LogP contribution in [0.4, 0.5) is 0 Å². The monoisotopic (exact) mass is 434 g/mol. The molecule has 1 atom stereocenters. The molecule has 0 aromatic carbocycles. The summed E-state index contributed by atoms with van der Waals surface area (Å²) in [7, 11) is 1.52. The molecule has 0 amide bonds. The van der Waals surface area contributed by atoms with Crippen LogP contribution in [0.15, 0.2) is 48.0 Å². The maximum absolute atomic E-state index is 12.1. The molecule has 0 aliphatic heterocycles. The number of thiophene rings is 1. The van der Waals surface area contributed by atoms with E-state index in [1.807, 2.05) is 47.2 Å². The van der Waals surface area contributed by atoms with Gasteiger partial charge in [0.1, 0.15) is 0 Å². The molecule has 0 radical (unpaired) electrons. The highest BCUT2D eigenvalue weighted by Crippen LogP contribution is 2.39. The Morgan fingerprint density at radius 1 is 1.23 bits per heavy atom. The van der Waals surface area contributed by atoms with Crippen LogP contribution in [0.2, 0.25) is 0 Å². The standard InChI is InChI=1S/C20H18N8O2S/c1-3-28-13-11-12(16-24-26-27-25-16)18(30-2)22-17(13)23-19(28)20(29,15-8-6-10-31-15)14-7-4-5-9-21-14/h4-11,29H,3H2,1-2H3,(H,24,25,26,27). The summed E-state index contributed by atoms with van der Waals surface area (Å²) in [5, 5.41) is 28.1. The van der Waals surface area contributed by atoms with Crippen LogP contribution < -0.4 is 4.74 Å². The van der Waals surface area contributed by atoms with Gasteiger partial charge in [0, 0.05) is 17.6 Å². The fourth-order valence-electron chi connectivity index (χ4n) is 3.63. The number of aromatic amines is 1. The van der Waals surface area contributed by atoms with E-state index in [9.17, 15) is 5.11 Å². The second kappa shape index (κ2) is 7.52. The summed E-state index contributed by atoms with van der Waals surface area (Å²) in [5.74, 6) is 1.10. The van der Waals surface area contributed by atoms with Crippen LogP contribution in [0.25, 0.3) is 22.6 Å². The third-order valence-electron chi connectivity index (χ3n) is 5.04. The molecule has 5 heterocycles. The van der Waals surface area contributed by atoms with E-state index in [1.54, 1.807) is 12.3 Å². The number of methoxy groups -OCH3 is 1. The number of nitrogens with one attached hydrogen (secondary N) is 1. The maximum Gasteiger partial charge on any atom is 0.226 e. The number of fused-ring (bicyclic) bond motifs is 1. The Labute approximate surface area is 180 Å². The topological polar surface area (TPSA) is 128 Å². The molecule has 1 unspecified atom stereocenters. The van der Waals surface area contributed by atoms with E-state index in [-0.39, 0.29) is 0 Å². The number of aryl methyl sites for hydroxylation is 1. The molecule has 156 valence electrons. The highest BCUT2D eigenvalue weighted by atomic mass is 32.1. The number of ether oxygens (including phenoxy) is 1. The first-order valence-electron chi connectivity index (χ1n) is 9.54. The van der Waals surface area contributed by atoms with E-state index < -0.39 is 5.60 Å². The van der Waals surface area contributed by atoms with E-state index in [4.69, 9.17) is 9.72 Å². The lowest BCUT2D eigenvalue weighted by atomic mass is 9.95. The number of tetrazole rings is 1. The van der Waals surface area contributed by atoms with Crippen molar-refractivity contribution in [3.05, 3.63) is 64.4 Å². The lowest BCUT2D eigenvalue weighted by Gasteiger charge is -2.26. The predicted octanol–water partition coefficient (Wildman–Crippen LogP) is 2.38. The summed E-state index contributed by atoms with van der Waals surface area (Å²) in [6.07, 6.45) is 1.66. The Morgan fingerprint density at radius 3 is 2.77 bits per heavy atom. The van der Waals surface area contributed by atoms with Gasteiger partial charge in [-0.1, -0.05) is 12.1 Å². The summed E-state index contributed by atoms with van der Waals surface area (Å²) in [5.41, 5.74) is 0.650. The van der Waals surface area contributed by atoms with Gasteiger partial charge in [-0.25, -0.2) is 4.98 Å². The molecular formula is C20H18N8O2S. The fraction of sp³-hybridized carbons (Fsp3) is 0.200. The van der Waals surface area contributed by atoms with E-state index in [2.05, 4.69) is 30.6 Å². The van der Waals surface area contributed by atoms with Crippen molar-refractivity contribution >= 4 is 22.5 Å². The van der Waals surface area contributed by atoms with E-state index >= 15 is 0 Å². The zero-order chi connectivity index (χ0) is 21.4. The SMILES string of the molecule is CCn1c(C(O)(c2ccccn2)c2cccs2)nc2nc(OC)c(-c3nn[nH]n3)cc21. The Hall–Kier alpha value is -3.70. The van der Waals surface area contributed by atoms with Crippen LogP contribution in [0, 0.1) is 0 Å². The van der Waals surface area contributed by atoms with Crippen molar-refractivity contribution in [2.24, 2.45) is 0 Å². The smallest absolute Gasteiger partial charge is 0.226 e. The van der Waals surface area contributed by atoms with Gasteiger partial charge in [-0.3, -0.25) is 4.98 Å². The van der Waals surface area contributed by atoms with Crippen LogP contribution in [0.5, 0.6) is 5.88 Å². The van der Waals surface area contributed by atoms with Crippen LogP contribution in [0.1, 0.15) is 23.3 Å². The minimum absolute atomic E-state index is 0.318. The highest BCUT2D eigenvalue weighted by Gasteiger charge is 2.41. The Morgan fingerprint density at radius 2 is 2.13 bits per heavy atom. The van der Waals surface area contributed by atoms with Gasteiger partial charge in [0.15, 0.2) is 17.1 Å². The lowest BCUT2D eigenvalue weighted by Crippen LogP contribution is -2.32. The zero-order valence-corrected chi connectivity index (χ0v) is 17.5. The largest absolute Gasteiger partial charge is 0.480 e. The number of hydrogen-bond donors (Lipinski definition) is 2. The molecule has 2 N–H and O–H groups in total. The first-order chi connectivity index (χ1) is 15.2. The van der Waals surface area contributed by atoms with Gasteiger partial charge in [-0.15, -0.1) is 21.5 Å². The van der Waals surface area contributed by atoms with Gasteiger partial charge < -0.3 is 14.4 Å². The highest BCUT2D eigenvalue weighted by molar-refractivity contribution is 7.10. The Kier molecular flexibility index (Phi) is 4.68. The molecule has 0 aliphatic carbocycles. The second-order valence-corrected chi connectivity index (χ2v) is 7.65. The molecule has 0 aliphatic rings. The predicted molar refractivity (Wildman–Crippen MR) is 114 cm³/mol. The van der Waals surface area contributed by atoms with Crippen molar-refractivity contribution in [3.8, 4) is 17.3 Å². The molecule has 5 aromatic rings. The average molecular weight is 434 g/mol. The Balaban J connectivity index is 1.81. The number of nitrogens with zero attached hydrogens (tertiary/aromatic N) is 7. The van der Waals surface area contributed by atoms with Crippen molar-refractivity contribution in [2.45, 2.75) is 19.1 Å². The fourth-order valence-corrected chi connectivity index (χ4v) is 4.46. The van der Waals surface area contributed by atoms with Crippen LogP contribution in [0.3, 0.4) is 0 Å². The van der Waals surface area contributed by atoms with Gasteiger partial charge in [-0.2, -0.15) is 10.2 Å². The molecule has 5 rings (SSSR count). The van der Waals surface area contributed by atoms with Gasteiger partial charge in [0.25, 0.3) is 0 Å². The van der Waals surface area contributed by atoms with Crippen LogP contribution in [-0.2, 0) is 12.1 Å². The number of pyridine rings is 2. The molecule has 0 saturated carbocycles. The lowest BCUT2D eigenvalue weighted by molar-refractivity contribution is 0.111. The molecule has 0 saturated heterocycles. The van der Waals surface area contributed by atoms with Gasteiger partial charge in [0.05, 0.1) is 23.9 Å². The number of aliphatic hydroxyl groups is 1. The summed E-state index contributed by atoms with van der Waals surface area (Å²) < 4.78 is 7.36. The third kappa shape index (κ3) is 2.97. The van der Waals surface area contributed by atoms with Crippen molar-refractivity contribution < 1.29 is 9.84 Å². The zero-order valence-electron chi connectivity index (χ0n) is 16.7. The van der Waals surface area contributed by atoms with E-state index in [0.29, 0.717) is 51.4 Å². The van der Waals surface area contributed by atoms with Gasteiger partial charge in [-0.05, 0) is 41.8 Å². The van der Waals surface area contributed by atoms with Crippen molar-refractivity contribution in [1.29, 1.82) is 0 Å². The number of imidazole rings is 1. The van der Waals surface area contributed by atoms with E-state index in [1.165, 1.54) is 18.4 Å². The molecule has 10 nitrogen and oxygen atoms in total. The normalized spacial score (nSPS) is 13.4. The molecule has 0 spiro atoms. The Bertz CT molecular complexity index is 1320. The average Bonchev–Trinajstić information content (AvgIpc) is 3.58. The summed E-state index contributed by atoms with van der Waals surface area (Å²) >= 11 is 1.44. The van der Waals surface area contributed by atoms with Gasteiger partial charge in [0.2, 0.25) is 11.7 Å². The first kappa shape index (κ1) is 19.3. The maximum atomic E-state index is 12.1. The molecule has 5 aromatic heterocycles. The molecule has 0 bridgehead atoms. The van der Waals surface area contributed by atoms with Crippen LogP contribution in [-0.4, -0.2) is 52.4 Å². The number of H-pyrrole nitrogens is 1. The molecular weight excluding hydrogens is 416 g/mol. The number of aromatic nitrogens is 8. The van der Waals surface area contributed by atoms with Crippen molar-refractivity contribution in [3.63, 3.8) is 0 Å². The minimum atomic E-state index is -1.55. The molecule has 11 heteroatoms. The van der Waals surface area contributed by atoms with Crippen molar-refractivity contribution in [2.75, 3.05) is 7.11 Å².